The maximum atomic E-state index is 2.44. The topological polar surface area (TPSA) is 3.88 Å². The van der Waals surface area contributed by atoms with Crippen LogP contribution in [0.15, 0.2) is 54.6 Å². The molecule has 0 bridgehead atoms. The first kappa shape index (κ1) is 14.0. The van der Waals surface area contributed by atoms with Crippen molar-refractivity contribution in [2.75, 3.05) is 4.43 Å². The van der Waals surface area contributed by atoms with Gasteiger partial charge in [-0.25, -0.2) is 0 Å². The minimum atomic E-state index is 0. The molecule has 0 radical (unpaired) electrons. The number of benzene rings is 2. The van der Waals surface area contributed by atoms with Crippen LogP contribution in [-0.4, -0.2) is 4.43 Å². The predicted molar refractivity (Wildman–Crippen MR) is 80.5 cm³/mol. The number of para-hydroxylation sites is 2. The summed E-state index contributed by atoms with van der Waals surface area (Å²) in [5.74, 6) is 0. The van der Waals surface area contributed by atoms with Crippen LogP contribution in [0, 0.1) is 0 Å². The van der Waals surface area contributed by atoms with Crippen molar-refractivity contribution in [2.24, 2.45) is 0 Å². The number of pyridine rings is 1. The van der Waals surface area contributed by atoms with Gasteiger partial charge in [0.05, 0.1) is 4.43 Å². The molecule has 0 spiro atoms. The highest BCUT2D eigenvalue weighted by Crippen LogP contribution is 2.17. The third-order valence-corrected chi connectivity index (χ3v) is 3.56. The maximum absolute atomic E-state index is 2.44. The minimum Gasteiger partial charge on any atom is -1.00 e. The van der Waals surface area contributed by atoms with Crippen molar-refractivity contribution in [3.05, 3.63) is 54.6 Å². The average molecular weight is 461 g/mol. The van der Waals surface area contributed by atoms with E-state index in [0.717, 1.165) is 11.0 Å². The van der Waals surface area contributed by atoms with Crippen LogP contribution in [0.5, 0.6) is 0 Å². The number of hydrogen-bond donors (Lipinski definition) is 0. The molecule has 0 fully saturated rings. The summed E-state index contributed by atoms with van der Waals surface area (Å²) in [6.07, 6.45) is 0. The van der Waals surface area contributed by atoms with Crippen molar-refractivity contribution in [2.45, 2.75) is 6.54 Å². The zero-order valence-corrected chi connectivity index (χ0v) is 14.1. The van der Waals surface area contributed by atoms with Gasteiger partial charge in [0.15, 0.2) is 6.54 Å². The molecule has 0 amide bonds. The first-order valence-electron chi connectivity index (χ1n) is 5.76. The Balaban J connectivity index is 0.00000120. The number of fused-ring (bicyclic) bond motifs is 2. The summed E-state index contributed by atoms with van der Waals surface area (Å²) in [5, 5.41) is 2.63. The molecule has 3 aromatic rings. The molecular formula is C15H13I2N. The molecule has 0 aliphatic carbocycles. The lowest BCUT2D eigenvalue weighted by Gasteiger charge is -2.04. The van der Waals surface area contributed by atoms with Gasteiger partial charge in [-0.2, -0.15) is 4.57 Å². The van der Waals surface area contributed by atoms with Gasteiger partial charge in [0.2, 0.25) is 11.0 Å². The number of aromatic nitrogens is 1. The van der Waals surface area contributed by atoms with E-state index in [-0.39, 0.29) is 24.0 Å². The minimum absolute atomic E-state index is 0. The Bertz CT molecular complexity index is 625. The molecule has 0 saturated carbocycles. The summed E-state index contributed by atoms with van der Waals surface area (Å²) in [4.78, 5) is 0. The lowest BCUT2D eigenvalue weighted by molar-refractivity contribution is -0.639. The summed E-state index contributed by atoms with van der Waals surface area (Å²) in [7, 11) is 0. The third kappa shape index (κ3) is 2.47. The maximum Gasteiger partial charge on any atom is 0.213 e. The van der Waals surface area contributed by atoms with Crippen LogP contribution < -0.4 is 28.5 Å². The first-order valence-corrected chi connectivity index (χ1v) is 7.29. The summed E-state index contributed by atoms with van der Waals surface area (Å²) >= 11 is 2.44. The summed E-state index contributed by atoms with van der Waals surface area (Å²) < 4.78 is 3.54. The monoisotopic (exact) mass is 461 g/mol. The summed E-state index contributed by atoms with van der Waals surface area (Å²) in [5.41, 5.74) is 2.64. The van der Waals surface area contributed by atoms with Crippen molar-refractivity contribution in [1.82, 2.24) is 0 Å². The largest absolute Gasteiger partial charge is 1.00 e. The van der Waals surface area contributed by atoms with Crippen LogP contribution in [0.3, 0.4) is 0 Å². The molecule has 92 valence electrons. The van der Waals surface area contributed by atoms with E-state index in [2.05, 4.69) is 81.8 Å². The van der Waals surface area contributed by atoms with Crippen molar-refractivity contribution >= 4 is 44.4 Å². The van der Waals surface area contributed by atoms with Crippen LogP contribution >= 0.6 is 22.6 Å². The Hall–Kier alpha value is -0.430. The molecule has 1 aromatic heterocycles. The summed E-state index contributed by atoms with van der Waals surface area (Å²) in [6.45, 7) is 1.06. The second-order valence-electron chi connectivity index (χ2n) is 4.10. The van der Waals surface area contributed by atoms with E-state index in [0.29, 0.717) is 0 Å². The molecule has 0 unspecified atom stereocenters. The number of alkyl halides is 1. The smallest absolute Gasteiger partial charge is 0.213 e. The number of aryl methyl sites for hydroxylation is 1. The standard InChI is InChI=1S/C15H13IN.HI/c16-9-10-17-14-7-3-1-5-12(14)11-13-6-2-4-8-15(13)17;/h1-8,11H,9-10H2;1H/q+1;/p-1. The zero-order valence-electron chi connectivity index (χ0n) is 9.81. The van der Waals surface area contributed by atoms with Gasteiger partial charge in [0.25, 0.3) is 0 Å². The average Bonchev–Trinajstić information content (AvgIpc) is 2.39. The van der Waals surface area contributed by atoms with E-state index in [4.69, 9.17) is 0 Å². The van der Waals surface area contributed by atoms with E-state index >= 15 is 0 Å². The van der Waals surface area contributed by atoms with Crippen molar-refractivity contribution < 1.29 is 28.5 Å². The second kappa shape index (κ2) is 6.14. The van der Waals surface area contributed by atoms with E-state index in [1.54, 1.807) is 0 Å². The predicted octanol–water partition coefficient (Wildman–Crippen LogP) is 0.719. The van der Waals surface area contributed by atoms with Gasteiger partial charge in [-0.3, -0.25) is 0 Å². The van der Waals surface area contributed by atoms with Crippen LogP contribution in [0.4, 0.5) is 0 Å². The lowest BCUT2D eigenvalue weighted by Crippen LogP contribution is -3.00. The van der Waals surface area contributed by atoms with Crippen LogP contribution in [-0.2, 0) is 6.54 Å². The van der Waals surface area contributed by atoms with Crippen LogP contribution in [0.2, 0.25) is 0 Å². The lowest BCUT2D eigenvalue weighted by atomic mass is 10.1. The van der Waals surface area contributed by atoms with E-state index in [9.17, 15) is 0 Å². The fraction of sp³-hybridized carbons (Fsp3) is 0.133. The Morgan fingerprint density at radius 2 is 1.33 bits per heavy atom. The fourth-order valence-corrected chi connectivity index (χ4v) is 2.82. The molecule has 0 saturated heterocycles. The number of rotatable bonds is 2. The van der Waals surface area contributed by atoms with Crippen molar-refractivity contribution in [3.63, 3.8) is 0 Å². The van der Waals surface area contributed by atoms with Crippen molar-refractivity contribution in [3.8, 4) is 0 Å². The molecule has 1 nitrogen and oxygen atoms in total. The van der Waals surface area contributed by atoms with Gasteiger partial charge in [-0.1, -0.05) is 46.9 Å². The highest BCUT2D eigenvalue weighted by Gasteiger charge is 2.13. The van der Waals surface area contributed by atoms with Crippen LogP contribution in [0.25, 0.3) is 21.8 Å². The number of halogens is 2. The quantitative estimate of drug-likeness (QED) is 0.230. The first-order chi connectivity index (χ1) is 8.40. The molecule has 0 N–H and O–H groups in total. The van der Waals surface area contributed by atoms with Crippen LogP contribution in [0.1, 0.15) is 0 Å². The van der Waals surface area contributed by atoms with E-state index in [1.165, 1.54) is 21.8 Å². The molecule has 2 aromatic carbocycles. The van der Waals surface area contributed by atoms with Gasteiger partial charge in [0.1, 0.15) is 0 Å². The van der Waals surface area contributed by atoms with E-state index < -0.39 is 0 Å². The molecule has 0 atom stereocenters. The molecule has 3 heteroatoms. The SMILES string of the molecule is ICC[n+]1c2ccccc2cc2ccccc21.[I-]. The number of nitrogens with zero attached hydrogens (tertiary/aromatic N) is 1. The van der Waals surface area contributed by atoms with Gasteiger partial charge in [0, 0.05) is 22.9 Å². The Morgan fingerprint density at radius 3 is 1.83 bits per heavy atom. The van der Waals surface area contributed by atoms with Gasteiger partial charge < -0.3 is 24.0 Å². The molecule has 0 aliphatic rings. The Labute approximate surface area is 137 Å². The Kier molecular flexibility index (Phi) is 4.77. The molecule has 1 heterocycles. The normalized spacial score (nSPS) is 10.5. The third-order valence-electron chi connectivity index (χ3n) is 3.07. The van der Waals surface area contributed by atoms with E-state index in [1.807, 2.05) is 0 Å². The molecular weight excluding hydrogens is 448 g/mol. The van der Waals surface area contributed by atoms with Gasteiger partial charge in [-0.15, -0.1) is 0 Å². The second-order valence-corrected chi connectivity index (χ2v) is 5.18. The fourth-order valence-electron chi connectivity index (χ4n) is 2.33. The Morgan fingerprint density at radius 1 is 0.833 bits per heavy atom. The highest BCUT2D eigenvalue weighted by atomic mass is 127. The highest BCUT2D eigenvalue weighted by molar-refractivity contribution is 14.1. The zero-order chi connectivity index (χ0) is 11.7. The molecule has 3 rings (SSSR count). The molecule has 0 aliphatic heterocycles. The van der Waals surface area contributed by atoms with Gasteiger partial charge >= 0.3 is 0 Å². The number of hydrogen-bond acceptors (Lipinski definition) is 0. The van der Waals surface area contributed by atoms with Gasteiger partial charge in [-0.05, 0) is 18.2 Å². The van der Waals surface area contributed by atoms with Crippen molar-refractivity contribution in [1.29, 1.82) is 0 Å². The molecule has 18 heavy (non-hydrogen) atoms. The summed E-state index contributed by atoms with van der Waals surface area (Å²) in [6, 6.07) is 19.5.